The van der Waals surface area contributed by atoms with Crippen LogP contribution in [0.15, 0.2) is 0 Å². The molecule has 0 spiro atoms. The highest BCUT2D eigenvalue weighted by atomic mass is 32.1. The van der Waals surface area contributed by atoms with Crippen LogP contribution in [-0.2, 0) is 0 Å². The normalized spacial score (nSPS) is 13.9. The number of hydrogen-bond donors (Lipinski definition) is 2. The topological polar surface area (TPSA) is 20.2 Å². The van der Waals surface area contributed by atoms with Crippen LogP contribution < -0.4 is 0 Å². The Bertz CT molecular complexity index is 45.8. The Labute approximate surface area is 56.5 Å². The van der Waals surface area contributed by atoms with E-state index in [0.717, 1.165) is 19.3 Å². The van der Waals surface area contributed by atoms with Crippen molar-refractivity contribution in [3.8, 4) is 0 Å². The molecule has 0 rings (SSSR count). The van der Waals surface area contributed by atoms with Crippen molar-refractivity contribution in [1.82, 2.24) is 0 Å². The summed E-state index contributed by atoms with van der Waals surface area (Å²) in [7, 11) is 0. The van der Waals surface area contributed by atoms with Crippen molar-refractivity contribution in [3.05, 3.63) is 0 Å². The fraction of sp³-hybridized carbons (Fsp3) is 1.00. The molecule has 0 aliphatic heterocycles. The lowest BCUT2D eigenvalue weighted by molar-refractivity contribution is 0.283. The molecule has 0 aliphatic carbocycles. The highest BCUT2D eigenvalue weighted by molar-refractivity contribution is 7.80. The maximum atomic E-state index is 8.35. The molecule has 1 atom stereocenters. The Hall–Kier alpha value is 0.310. The predicted octanol–water partition coefficient (Wildman–Crippen LogP) is 1.47. The Morgan fingerprint density at radius 1 is 1.50 bits per heavy atom. The molecule has 1 N–H and O–H groups in total. The van der Waals surface area contributed by atoms with E-state index in [9.17, 15) is 0 Å². The molecule has 0 saturated heterocycles. The number of aliphatic hydroxyl groups is 1. The van der Waals surface area contributed by atoms with E-state index in [-0.39, 0.29) is 0 Å². The molecular weight excluding hydrogens is 120 g/mol. The van der Waals surface area contributed by atoms with Gasteiger partial charge in [0, 0.05) is 6.61 Å². The zero-order chi connectivity index (χ0) is 6.41. The second kappa shape index (κ2) is 5.45. The van der Waals surface area contributed by atoms with E-state index >= 15 is 0 Å². The molecule has 0 fully saturated rings. The zero-order valence-corrected chi connectivity index (χ0v) is 6.19. The summed E-state index contributed by atoms with van der Waals surface area (Å²) in [5.74, 6) is 0. The maximum Gasteiger partial charge on any atom is 0.0431 e. The van der Waals surface area contributed by atoms with Gasteiger partial charge in [-0.1, -0.05) is 13.3 Å². The highest BCUT2D eigenvalue weighted by Gasteiger charge is 1.91. The molecule has 0 bridgehead atoms. The van der Waals surface area contributed by atoms with Crippen LogP contribution >= 0.6 is 12.6 Å². The SMILES string of the molecule is CC(S)CCCCO. The van der Waals surface area contributed by atoms with Gasteiger partial charge in [0.2, 0.25) is 0 Å². The van der Waals surface area contributed by atoms with Crippen molar-refractivity contribution in [3.63, 3.8) is 0 Å². The average Bonchev–Trinajstić information content (AvgIpc) is 1.66. The summed E-state index contributed by atoms with van der Waals surface area (Å²) < 4.78 is 0. The molecule has 0 aromatic rings. The zero-order valence-electron chi connectivity index (χ0n) is 5.30. The van der Waals surface area contributed by atoms with Crippen LogP contribution in [0.3, 0.4) is 0 Å². The molecule has 0 aliphatic rings. The fourth-order valence-electron chi connectivity index (χ4n) is 0.552. The van der Waals surface area contributed by atoms with Gasteiger partial charge in [-0.15, -0.1) is 0 Å². The van der Waals surface area contributed by atoms with Crippen LogP contribution in [0.5, 0.6) is 0 Å². The number of hydrogen-bond acceptors (Lipinski definition) is 2. The van der Waals surface area contributed by atoms with Crippen LogP contribution in [0.4, 0.5) is 0 Å². The van der Waals surface area contributed by atoms with Crippen molar-refractivity contribution in [2.45, 2.75) is 31.4 Å². The van der Waals surface area contributed by atoms with E-state index in [0.29, 0.717) is 11.9 Å². The summed E-state index contributed by atoms with van der Waals surface area (Å²) in [6, 6.07) is 0. The van der Waals surface area contributed by atoms with Crippen molar-refractivity contribution < 1.29 is 5.11 Å². The maximum absolute atomic E-state index is 8.35. The van der Waals surface area contributed by atoms with Crippen LogP contribution in [0.2, 0.25) is 0 Å². The van der Waals surface area contributed by atoms with E-state index in [1.807, 2.05) is 0 Å². The van der Waals surface area contributed by atoms with E-state index in [4.69, 9.17) is 5.11 Å². The monoisotopic (exact) mass is 134 g/mol. The third kappa shape index (κ3) is 6.31. The molecule has 2 heteroatoms. The standard InChI is InChI=1S/C6H14OS/c1-6(8)4-2-3-5-7/h6-8H,2-5H2,1H3. The Morgan fingerprint density at radius 3 is 2.50 bits per heavy atom. The third-order valence-corrected chi connectivity index (χ3v) is 1.29. The van der Waals surface area contributed by atoms with Gasteiger partial charge in [0.1, 0.15) is 0 Å². The molecule has 50 valence electrons. The first-order chi connectivity index (χ1) is 3.77. The lowest BCUT2D eigenvalue weighted by atomic mass is 10.2. The van der Waals surface area contributed by atoms with Crippen molar-refractivity contribution >= 4 is 12.6 Å². The van der Waals surface area contributed by atoms with E-state index in [1.165, 1.54) is 0 Å². The molecule has 8 heavy (non-hydrogen) atoms. The van der Waals surface area contributed by atoms with Gasteiger partial charge in [-0.25, -0.2) is 0 Å². The summed E-state index contributed by atoms with van der Waals surface area (Å²) in [4.78, 5) is 0. The number of thiol groups is 1. The van der Waals surface area contributed by atoms with Crippen molar-refractivity contribution in [2.24, 2.45) is 0 Å². The second-order valence-electron chi connectivity index (χ2n) is 2.07. The highest BCUT2D eigenvalue weighted by Crippen LogP contribution is 2.04. The molecule has 0 radical (unpaired) electrons. The molecule has 0 amide bonds. The van der Waals surface area contributed by atoms with Crippen molar-refractivity contribution in [2.75, 3.05) is 6.61 Å². The molecular formula is C6H14OS. The third-order valence-electron chi connectivity index (χ3n) is 1.03. The lowest BCUT2D eigenvalue weighted by Gasteiger charge is -1.99. The summed E-state index contributed by atoms with van der Waals surface area (Å²) >= 11 is 4.19. The molecule has 0 aromatic heterocycles. The minimum Gasteiger partial charge on any atom is -0.396 e. The molecule has 0 heterocycles. The van der Waals surface area contributed by atoms with Crippen LogP contribution in [-0.4, -0.2) is 17.0 Å². The van der Waals surface area contributed by atoms with Gasteiger partial charge < -0.3 is 5.11 Å². The molecule has 1 nitrogen and oxygen atoms in total. The van der Waals surface area contributed by atoms with E-state index in [1.54, 1.807) is 0 Å². The first kappa shape index (κ1) is 8.31. The number of aliphatic hydroxyl groups excluding tert-OH is 1. The van der Waals surface area contributed by atoms with Gasteiger partial charge in [-0.05, 0) is 18.1 Å². The quantitative estimate of drug-likeness (QED) is 0.440. The first-order valence-corrected chi connectivity index (χ1v) is 3.58. The first-order valence-electron chi connectivity index (χ1n) is 3.06. The Balaban J connectivity index is 2.72. The van der Waals surface area contributed by atoms with Gasteiger partial charge in [0.05, 0.1) is 0 Å². The van der Waals surface area contributed by atoms with E-state index in [2.05, 4.69) is 19.6 Å². The van der Waals surface area contributed by atoms with E-state index < -0.39 is 0 Å². The van der Waals surface area contributed by atoms with Crippen LogP contribution in [0.1, 0.15) is 26.2 Å². The summed E-state index contributed by atoms with van der Waals surface area (Å²) in [6.45, 7) is 2.39. The van der Waals surface area contributed by atoms with Gasteiger partial charge in [0.25, 0.3) is 0 Å². The smallest absolute Gasteiger partial charge is 0.0431 e. The number of rotatable bonds is 4. The predicted molar refractivity (Wildman–Crippen MR) is 39.4 cm³/mol. The lowest BCUT2D eigenvalue weighted by Crippen LogP contribution is -1.91. The van der Waals surface area contributed by atoms with Gasteiger partial charge in [0.15, 0.2) is 0 Å². The minimum atomic E-state index is 0.320. The van der Waals surface area contributed by atoms with Gasteiger partial charge in [-0.2, -0.15) is 12.6 Å². The second-order valence-corrected chi connectivity index (χ2v) is 2.95. The Morgan fingerprint density at radius 2 is 2.12 bits per heavy atom. The Kier molecular flexibility index (Phi) is 5.66. The van der Waals surface area contributed by atoms with Crippen molar-refractivity contribution in [1.29, 1.82) is 0 Å². The minimum absolute atomic E-state index is 0.320. The van der Waals surface area contributed by atoms with Gasteiger partial charge >= 0.3 is 0 Å². The summed E-state index contributed by atoms with van der Waals surface area (Å²) in [6.07, 6.45) is 3.13. The molecule has 0 saturated carbocycles. The largest absolute Gasteiger partial charge is 0.396 e. The summed E-state index contributed by atoms with van der Waals surface area (Å²) in [5, 5.41) is 8.84. The molecule has 1 unspecified atom stereocenters. The average molecular weight is 134 g/mol. The molecule has 0 aromatic carbocycles. The number of unbranched alkanes of at least 4 members (excludes halogenated alkanes) is 1. The summed E-state index contributed by atoms with van der Waals surface area (Å²) in [5.41, 5.74) is 0. The van der Waals surface area contributed by atoms with Crippen LogP contribution in [0.25, 0.3) is 0 Å². The van der Waals surface area contributed by atoms with Gasteiger partial charge in [-0.3, -0.25) is 0 Å². The fourth-order valence-corrected chi connectivity index (χ4v) is 0.734. The van der Waals surface area contributed by atoms with Crippen LogP contribution in [0, 0.1) is 0 Å².